The van der Waals surface area contributed by atoms with Gasteiger partial charge in [0.1, 0.15) is 5.78 Å². The molecule has 8 N–H and O–H groups in total. The first-order valence-corrected chi connectivity index (χ1v) is 19.4. The van der Waals surface area contributed by atoms with Gasteiger partial charge in [0, 0.05) is 57.5 Å². The standard InChI is InChI=1S/C44H57N3O7/c1-24(36(51)52)21-29(48)32-25(2)42(18-15-28(32)47-37(45)46)23-43(53)19-20-44(54)27(14-13-26-11-9-8-10-12-26)34-38(3,4)31(50)16-17-39(34,5)33-30(49)22-40(42,6)41(43,7)35(33)44/h8-15,18,21,25,27-29,32,34,48,53-54H,16-17,19-20,22-23H2,1-7H3,(H,51,52)(H4,45,46,47). The maximum Gasteiger partial charge on any atom is 0.331 e. The minimum atomic E-state index is -1.55. The Morgan fingerprint density at radius 1 is 1.02 bits per heavy atom. The number of carboxylic acid groups (broad SMARTS) is 1. The zero-order chi connectivity index (χ0) is 39.6. The molecule has 0 bridgehead atoms. The SMILES string of the molecule is CC(=CC(O)C1C(N=C(N)N)C=CC2(CC3(O)CCC4(O)C5=C(C(=O)CC2(C)C53C)C2(C)CCC(=O)C(C)(C)C2C4C=Cc2ccccc2)C1C)C(=O)O. The number of nitrogens with zero attached hydrogens (tertiary/aromatic N) is 1. The molecule has 1 aromatic rings. The second-order valence-electron chi connectivity index (χ2n) is 18.7. The van der Waals surface area contributed by atoms with Gasteiger partial charge in [0.2, 0.25) is 0 Å². The number of benzene rings is 1. The number of carbonyl (C=O) groups excluding carboxylic acids is 2. The molecule has 10 nitrogen and oxygen atoms in total. The minimum absolute atomic E-state index is 0.0279. The summed E-state index contributed by atoms with van der Waals surface area (Å²) < 4.78 is 0. The van der Waals surface area contributed by atoms with E-state index in [9.17, 15) is 30.0 Å². The quantitative estimate of drug-likeness (QED) is 0.0993. The summed E-state index contributed by atoms with van der Waals surface area (Å²) in [5, 5.41) is 48.4. The molecule has 6 aliphatic rings. The van der Waals surface area contributed by atoms with Crippen LogP contribution in [0.15, 0.2) is 76.3 Å². The number of Topliss-reactive ketones (excluding diaryl/α,β-unsaturated/α-hetero) is 2. The monoisotopic (exact) mass is 739 g/mol. The maximum absolute atomic E-state index is 15.3. The molecule has 54 heavy (non-hydrogen) atoms. The number of carbonyl (C=O) groups is 3. The highest BCUT2D eigenvalue weighted by molar-refractivity contribution is 6.02. The zero-order valence-electron chi connectivity index (χ0n) is 32.6. The second kappa shape index (κ2) is 12.1. The summed E-state index contributed by atoms with van der Waals surface area (Å²) in [6, 6.07) is 9.16. The average molecular weight is 740 g/mol. The third-order valence-electron chi connectivity index (χ3n) is 16.2. The van der Waals surface area contributed by atoms with Crippen LogP contribution in [0.25, 0.3) is 6.08 Å². The number of aliphatic hydroxyl groups is 3. The Kier molecular flexibility index (Phi) is 8.59. The van der Waals surface area contributed by atoms with Crippen LogP contribution in [0.2, 0.25) is 0 Å². The molecule has 1 spiro atoms. The van der Waals surface area contributed by atoms with E-state index in [-0.39, 0.29) is 54.7 Å². The van der Waals surface area contributed by atoms with Gasteiger partial charge in [-0.25, -0.2) is 9.79 Å². The molecule has 0 saturated heterocycles. The number of aliphatic imine (C=N–C) groups is 1. The Balaban J connectivity index is 1.48. The van der Waals surface area contributed by atoms with E-state index in [4.69, 9.17) is 11.5 Å². The highest BCUT2D eigenvalue weighted by Crippen LogP contribution is 2.83. The number of fused-ring (bicyclic) bond motifs is 3. The molecule has 3 saturated carbocycles. The smallest absolute Gasteiger partial charge is 0.331 e. The van der Waals surface area contributed by atoms with Gasteiger partial charge in [-0.3, -0.25) is 9.59 Å². The Morgan fingerprint density at radius 2 is 1.69 bits per heavy atom. The van der Waals surface area contributed by atoms with Crippen LogP contribution in [0.5, 0.6) is 0 Å². The number of hydrogen-bond acceptors (Lipinski definition) is 7. The fourth-order valence-electron chi connectivity index (χ4n) is 13.5. The molecule has 6 aliphatic carbocycles. The summed E-state index contributed by atoms with van der Waals surface area (Å²) in [5.41, 5.74) is 6.37. The molecule has 1 aromatic carbocycles. The van der Waals surface area contributed by atoms with Crippen LogP contribution in [0.1, 0.15) is 92.6 Å². The summed E-state index contributed by atoms with van der Waals surface area (Å²) in [5.74, 6) is -3.40. The Morgan fingerprint density at radius 3 is 2.31 bits per heavy atom. The zero-order valence-corrected chi connectivity index (χ0v) is 32.6. The summed E-state index contributed by atoms with van der Waals surface area (Å²) in [4.78, 5) is 45.5. The fraction of sp³-hybridized carbons (Fsp3) is 0.591. The van der Waals surface area contributed by atoms with Crippen molar-refractivity contribution >= 4 is 29.6 Å². The van der Waals surface area contributed by atoms with E-state index >= 15 is 4.79 Å². The van der Waals surface area contributed by atoms with Crippen molar-refractivity contribution in [3.8, 4) is 0 Å². The van der Waals surface area contributed by atoms with Crippen molar-refractivity contribution in [2.75, 3.05) is 0 Å². The van der Waals surface area contributed by atoms with Crippen molar-refractivity contribution < 1.29 is 34.8 Å². The molecule has 7 rings (SSSR count). The number of guanidine groups is 1. The van der Waals surface area contributed by atoms with Crippen molar-refractivity contribution in [1.82, 2.24) is 0 Å². The number of aliphatic carboxylic acids is 1. The van der Waals surface area contributed by atoms with Crippen LogP contribution in [0, 0.1) is 50.7 Å². The Labute approximate surface area is 318 Å². The van der Waals surface area contributed by atoms with Gasteiger partial charge in [-0.1, -0.05) is 96.2 Å². The van der Waals surface area contributed by atoms with Gasteiger partial charge >= 0.3 is 5.97 Å². The first-order chi connectivity index (χ1) is 25.1. The van der Waals surface area contributed by atoms with Gasteiger partial charge in [0.25, 0.3) is 0 Å². The van der Waals surface area contributed by atoms with Crippen molar-refractivity contribution in [2.24, 2.45) is 67.2 Å². The Bertz CT molecular complexity index is 1960. The lowest BCUT2D eigenvalue weighted by atomic mass is 9.34. The normalized spacial score (nSPS) is 44.3. The second-order valence-corrected chi connectivity index (χ2v) is 18.7. The predicted molar refractivity (Wildman–Crippen MR) is 206 cm³/mol. The van der Waals surface area contributed by atoms with Gasteiger partial charge in [-0.15, -0.1) is 0 Å². The number of carboxylic acids is 1. The van der Waals surface area contributed by atoms with Crippen LogP contribution in [0.4, 0.5) is 0 Å². The molecular formula is C44H57N3O7. The lowest BCUT2D eigenvalue weighted by Crippen LogP contribution is -2.71. The van der Waals surface area contributed by atoms with Gasteiger partial charge in [-0.05, 0) is 67.1 Å². The third kappa shape index (κ3) is 4.75. The summed E-state index contributed by atoms with van der Waals surface area (Å²) in [6.45, 7) is 13.5. The molecule has 12 unspecified atom stereocenters. The molecule has 0 radical (unpaired) electrons. The summed E-state index contributed by atoms with van der Waals surface area (Å²) >= 11 is 0. The van der Waals surface area contributed by atoms with Gasteiger partial charge in [-0.2, -0.15) is 0 Å². The predicted octanol–water partition coefficient (Wildman–Crippen LogP) is 5.13. The highest BCUT2D eigenvalue weighted by Gasteiger charge is 2.83. The van der Waals surface area contributed by atoms with Gasteiger partial charge < -0.3 is 31.9 Å². The molecule has 0 aliphatic heterocycles. The molecular weight excluding hydrogens is 682 g/mol. The van der Waals surface area contributed by atoms with Gasteiger partial charge in [0.05, 0.1) is 23.3 Å². The molecule has 0 amide bonds. The molecule has 10 heteroatoms. The molecule has 0 aromatic heterocycles. The first-order valence-electron chi connectivity index (χ1n) is 19.4. The van der Waals surface area contributed by atoms with E-state index in [1.807, 2.05) is 76.3 Å². The van der Waals surface area contributed by atoms with Crippen molar-refractivity contribution in [3.05, 3.63) is 76.9 Å². The number of aliphatic hydroxyl groups excluding tert-OH is 1. The lowest BCUT2D eigenvalue weighted by Gasteiger charge is -2.70. The fourth-order valence-corrected chi connectivity index (χ4v) is 13.5. The van der Waals surface area contributed by atoms with E-state index < -0.39 is 74.1 Å². The van der Waals surface area contributed by atoms with E-state index in [0.29, 0.717) is 24.0 Å². The highest BCUT2D eigenvalue weighted by atomic mass is 16.4. The van der Waals surface area contributed by atoms with E-state index in [1.165, 1.54) is 13.0 Å². The molecule has 290 valence electrons. The van der Waals surface area contributed by atoms with Crippen LogP contribution in [-0.2, 0) is 14.4 Å². The maximum atomic E-state index is 15.3. The third-order valence-corrected chi connectivity index (χ3v) is 16.2. The van der Waals surface area contributed by atoms with Crippen LogP contribution in [0.3, 0.4) is 0 Å². The van der Waals surface area contributed by atoms with Crippen LogP contribution < -0.4 is 11.5 Å². The summed E-state index contributed by atoms with van der Waals surface area (Å²) in [7, 11) is 0. The minimum Gasteiger partial charge on any atom is -0.478 e. The molecule has 12 atom stereocenters. The van der Waals surface area contributed by atoms with E-state index in [0.717, 1.165) is 5.56 Å². The van der Waals surface area contributed by atoms with Gasteiger partial charge in [0.15, 0.2) is 11.7 Å². The summed E-state index contributed by atoms with van der Waals surface area (Å²) in [6.07, 6.45) is 9.55. The topological polar surface area (TPSA) is 197 Å². The lowest BCUT2D eigenvalue weighted by molar-refractivity contribution is -0.191. The number of ketones is 2. The number of hydrogen-bond donors (Lipinski definition) is 6. The van der Waals surface area contributed by atoms with Crippen LogP contribution in [-0.4, -0.2) is 67.3 Å². The Hall–Kier alpha value is -3.86. The first kappa shape index (κ1) is 38.4. The van der Waals surface area contributed by atoms with E-state index in [2.05, 4.69) is 24.9 Å². The number of nitrogens with two attached hydrogens (primary N) is 2. The largest absolute Gasteiger partial charge is 0.478 e. The number of allylic oxidation sites excluding steroid dienone is 2. The van der Waals surface area contributed by atoms with Crippen molar-refractivity contribution in [2.45, 2.75) is 110 Å². The molecule has 0 heterocycles. The van der Waals surface area contributed by atoms with Crippen molar-refractivity contribution in [3.63, 3.8) is 0 Å². The average Bonchev–Trinajstić information content (AvgIpc) is 3.24. The van der Waals surface area contributed by atoms with E-state index in [1.54, 1.807) is 0 Å². The molecule has 3 fully saturated rings. The van der Waals surface area contributed by atoms with Crippen LogP contribution >= 0.6 is 0 Å². The van der Waals surface area contributed by atoms with Crippen molar-refractivity contribution in [1.29, 1.82) is 0 Å². The number of rotatable bonds is 6.